The molecular weight excluding hydrogens is 496 g/mol. The Bertz CT molecular complexity index is 1100. The predicted octanol–water partition coefficient (Wildman–Crippen LogP) is 5.11. The highest BCUT2D eigenvalue weighted by Crippen LogP contribution is 2.39. The number of nitrogens with zero attached hydrogens (tertiary/aromatic N) is 2. The van der Waals surface area contributed by atoms with E-state index in [0.29, 0.717) is 38.2 Å². The second-order valence-electron chi connectivity index (χ2n) is 6.80. The number of likely N-dealkylation sites (N-methyl/N-ethyl adjacent to an activating group) is 1. The molecule has 1 fully saturated rings. The van der Waals surface area contributed by atoms with E-state index >= 15 is 0 Å². The van der Waals surface area contributed by atoms with Gasteiger partial charge in [0, 0.05) is 7.05 Å². The number of thioether (sulfide) groups is 1. The molecule has 0 bridgehead atoms. The third-order valence-electron chi connectivity index (χ3n) is 4.56. The van der Waals surface area contributed by atoms with Crippen molar-refractivity contribution in [3.05, 3.63) is 56.9 Å². The van der Waals surface area contributed by atoms with Crippen LogP contribution in [0.3, 0.4) is 0 Å². The number of ether oxygens (including phenoxy) is 2. The van der Waals surface area contributed by atoms with E-state index < -0.39 is 12.6 Å². The number of aliphatic carboxylic acids is 1. The number of carboxylic acid groups (broad SMARTS) is 1. The molecule has 0 aromatic heterocycles. The molecule has 1 aliphatic rings. The molecule has 2 aromatic carbocycles. The Balaban J connectivity index is 1.93. The fourth-order valence-corrected chi connectivity index (χ4v) is 4.59. The van der Waals surface area contributed by atoms with Gasteiger partial charge in [0.2, 0.25) is 0 Å². The molecule has 1 amide bonds. The van der Waals surface area contributed by atoms with Crippen molar-refractivity contribution in [2.75, 3.05) is 20.3 Å². The number of carboxylic acids is 1. The SMILES string of the molecule is CCOc1cc(/C=C2/SC(=Nc3ccccc3CC)N(C)C2=O)cc(Br)c1OCC(=O)O. The summed E-state index contributed by atoms with van der Waals surface area (Å²) in [5, 5.41) is 9.51. The molecule has 2 aromatic rings. The Morgan fingerprint density at radius 3 is 2.69 bits per heavy atom. The van der Waals surface area contributed by atoms with Crippen LogP contribution >= 0.6 is 27.7 Å². The van der Waals surface area contributed by atoms with Crippen molar-refractivity contribution >= 4 is 56.5 Å². The number of aryl methyl sites for hydroxylation is 1. The van der Waals surface area contributed by atoms with Gasteiger partial charge in [-0.2, -0.15) is 0 Å². The van der Waals surface area contributed by atoms with Crippen molar-refractivity contribution in [3.8, 4) is 11.5 Å². The average Bonchev–Trinajstić information content (AvgIpc) is 3.01. The lowest BCUT2D eigenvalue weighted by Crippen LogP contribution is -2.23. The van der Waals surface area contributed by atoms with Crippen LogP contribution in [0.25, 0.3) is 6.08 Å². The lowest BCUT2D eigenvalue weighted by Gasteiger charge is -2.13. The highest BCUT2D eigenvalue weighted by atomic mass is 79.9. The molecule has 0 atom stereocenters. The van der Waals surface area contributed by atoms with Gasteiger partial charge in [-0.3, -0.25) is 9.69 Å². The second-order valence-corrected chi connectivity index (χ2v) is 8.66. The van der Waals surface area contributed by atoms with Crippen molar-refractivity contribution < 1.29 is 24.2 Å². The standard InChI is InChI=1S/C23H23BrN2O5S/c1-4-15-8-6-7-9-17(15)25-23-26(3)22(29)19(32-23)12-14-10-16(24)21(31-13-20(27)28)18(11-14)30-5-2/h6-12H,4-5,13H2,1-3H3,(H,27,28)/b19-12+,25-23?. The minimum Gasteiger partial charge on any atom is -0.490 e. The predicted molar refractivity (Wildman–Crippen MR) is 130 cm³/mol. The molecule has 1 N–H and O–H groups in total. The molecule has 0 spiro atoms. The maximum absolute atomic E-state index is 12.8. The van der Waals surface area contributed by atoms with E-state index in [1.807, 2.05) is 31.2 Å². The molecule has 1 aliphatic heterocycles. The zero-order valence-electron chi connectivity index (χ0n) is 17.9. The van der Waals surface area contributed by atoms with E-state index in [1.165, 1.54) is 16.7 Å². The van der Waals surface area contributed by atoms with Crippen LogP contribution in [-0.2, 0) is 16.0 Å². The number of halogens is 1. The lowest BCUT2D eigenvalue weighted by atomic mass is 10.1. The van der Waals surface area contributed by atoms with Crippen LogP contribution in [0.15, 0.2) is 50.8 Å². The number of aliphatic imine (C=N–C) groups is 1. The van der Waals surface area contributed by atoms with E-state index in [0.717, 1.165) is 17.7 Å². The number of benzene rings is 2. The number of carbonyl (C=O) groups excluding carboxylic acids is 1. The Hall–Kier alpha value is -2.78. The first-order valence-electron chi connectivity index (χ1n) is 9.99. The molecular formula is C23H23BrN2O5S. The normalized spacial score (nSPS) is 16.1. The molecule has 0 unspecified atom stereocenters. The maximum Gasteiger partial charge on any atom is 0.341 e. The average molecular weight is 519 g/mol. The summed E-state index contributed by atoms with van der Waals surface area (Å²) < 4.78 is 11.5. The second kappa shape index (κ2) is 10.7. The van der Waals surface area contributed by atoms with E-state index in [2.05, 4.69) is 22.9 Å². The van der Waals surface area contributed by atoms with Crippen molar-refractivity contribution in [1.29, 1.82) is 0 Å². The maximum atomic E-state index is 12.8. The first-order valence-corrected chi connectivity index (χ1v) is 11.6. The van der Waals surface area contributed by atoms with E-state index in [4.69, 9.17) is 19.6 Å². The first-order chi connectivity index (χ1) is 15.3. The molecule has 9 heteroatoms. The van der Waals surface area contributed by atoms with Crippen LogP contribution in [0.2, 0.25) is 0 Å². The van der Waals surface area contributed by atoms with E-state index in [1.54, 1.807) is 25.3 Å². The van der Waals surface area contributed by atoms with E-state index in [9.17, 15) is 9.59 Å². The molecule has 0 saturated carbocycles. The van der Waals surface area contributed by atoms with Gasteiger partial charge in [0.15, 0.2) is 23.3 Å². The lowest BCUT2D eigenvalue weighted by molar-refractivity contribution is -0.139. The quantitative estimate of drug-likeness (QED) is 0.488. The fraction of sp³-hybridized carbons (Fsp3) is 0.261. The zero-order valence-corrected chi connectivity index (χ0v) is 20.3. The van der Waals surface area contributed by atoms with Gasteiger partial charge in [-0.25, -0.2) is 9.79 Å². The number of hydrogen-bond donors (Lipinski definition) is 1. The van der Waals surface area contributed by atoms with Gasteiger partial charge >= 0.3 is 5.97 Å². The third-order valence-corrected chi connectivity index (χ3v) is 6.21. The summed E-state index contributed by atoms with van der Waals surface area (Å²) in [5.41, 5.74) is 2.67. The number of rotatable bonds is 8. The van der Waals surface area contributed by atoms with Gasteiger partial charge in [0.1, 0.15) is 0 Å². The van der Waals surface area contributed by atoms with Gasteiger partial charge < -0.3 is 14.6 Å². The van der Waals surface area contributed by atoms with Crippen LogP contribution in [0.1, 0.15) is 25.0 Å². The monoisotopic (exact) mass is 518 g/mol. The molecule has 0 radical (unpaired) electrons. The van der Waals surface area contributed by atoms with Gasteiger partial charge in [-0.1, -0.05) is 25.1 Å². The summed E-state index contributed by atoms with van der Waals surface area (Å²) >= 11 is 4.71. The number of para-hydroxylation sites is 1. The highest BCUT2D eigenvalue weighted by molar-refractivity contribution is 9.10. The van der Waals surface area contributed by atoms with Gasteiger partial charge in [0.25, 0.3) is 5.91 Å². The van der Waals surface area contributed by atoms with Crippen LogP contribution in [0.4, 0.5) is 5.69 Å². The molecule has 7 nitrogen and oxygen atoms in total. The molecule has 32 heavy (non-hydrogen) atoms. The molecule has 0 aliphatic carbocycles. The largest absolute Gasteiger partial charge is 0.490 e. The minimum atomic E-state index is -1.09. The summed E-state index contributed by atoms with van der Waals surface area (Å²) in [6.07, 6.45) is 2.61. The van der Waals surface area contributed by atoms with Crippen LogP contribution in [-0.4, -0.2) is 47.3 Å². The molecule has 1 saturated heterocycles. The number of amidine groups is 1. The van der Waals surface area contributed by atoms with Crippen molar-refractivity contribution in [2.45, 2.75) is 20.3 Å². The summed E-state index contributed by atoms with van der Waals surface area (Å²) in [6.45, 7) is 3.78. The van der Waals surface area contributed by atoms with Crippen molar-refractivity contribution in [3.63, 3.8) is 0 Å². The zero-order chi connectivity index (χ0) is 23.3. The van der Waals surface area contributed by atoms with Crippen molar-refractivity contribution in [2.24, 2.45) is 4.99 Å². The smallest absolute Gasteiger partial charge is 0.341 e. The minimum absolute atomic E-state index is 0.150. The number of hydrogen-bond acceptors (Lipinski definition) is 6. The Labute approximate surface area is 199 Å². The third kappa shape index (κ3) is 5.52. The van der Waals surface area contributed by atoms with Crippen LogP contribution in [0.5, 0.6) is 11.5 Å². The molecule has 168 valence electrons. The summed E-state index contributed by atoms with van der Waals surface area (Å²) in [6, 6.07) is 11.3. The Kier molecular flexibility index (Phi) is 7.98. The van der Waals surface area contributed by atoms with Gasteiger partial charge in [-0.05, 0) is 76.4 Å². The summed E-state index contributed by atoms with van der Waals surface area (Å²) in [4.78, 5) is 30.5. The summed E-state index contributed by atoms with van der Waals surface area (Å²) in [7, 11) is 1.70. The number of carbonyl (C=O) groups is 2. The van der Waals surface area contributed by atoms with Crippen LogP contribution < -0.4 is 9.47 Å². The molecule has 1 heterocycles. The fourth-order valence-electron chi connectivity index (χ4n) is 3.03. The Morgan fingerprint density at radius 1 is 1.25 bits per heavy atom. The number of amides is 1. The van der Waals surface area contributed by atoms with Gasteiger partial charge in [0.05, 0.1) is 21.7 Å². The first kappa shape index (κ1) is 23.9. The topological polar surface area (TPSA) is 88.4 Å². The highest BCUT2D eigenvalue weighted by Gasteiger charge is 2.30. The van der Waals surface area contributed by atoms with Gasteiger partial charge in [-0.15, -0.1) is 0 Å². The van der Waals surface area contributed by atoms with Crippen LogP contribution in [0, 0.1) is 0 Å². The molecule has 3 rings (SSSR count). The summed E-state index contributed by atoms with van der Waals surface area (Å²) in [5.74, 6) is -0.539. The Morgan fingerprint density at radius 2 is 2.00 bits per heavy atom. The van der Waals surface area contributed by atoms with Crippen molar-refractivity contribution in [1.82, 2.24) is 4.90 Å². The van der Waals surface area contributed by atoms with E-state index in [-0.39, 0.29) is 5.91 Å².